The number of rotatable bonds is 5. The molecule has 0 radical (unpaired) electrons. The van der Waals surface area contributed by atoms with Gasteiger partial charge in [-0.25, -0.2) is 0 Å². The molecule has 24 heavy (non-hydrogen) atoms. The van der Waals surface area contributed by atoms with Gasteiger partial charge >= 0.3 is 0 Å². The van der Waals surface area contributed by atoms with Crippen molar-refractivity contribution in [2.75, 3.05) is 0 Å². The molecule has 130 valence electrons. The first-order valence-corrected chi connectivity index (χ1v) is 9.43. The van der Waals surface area contributed by atoms with Crippen molar-refractivity contribution in [3.05, 3.63) is 59.7 Å². The van der Waals surface area contributed by atoms with Crippen molar-refractivity contribution in [1.82, 2.24) is 0 Å². The summed E-state index contributed by atoms with van der Waals surface area (Å²) in [4.78, 5) is 0. The summed E-state index contributed by atoms with van der Waals surface area (Å²) < 4.78 is 0. The van der Waals surface area contributed by atoms with Crippen LogP contribution < -0.4 is 0 Å². The van der Waals surface area contributed by atoms with Gasteiger partial charge in [0, 0.05) is 0 Å². The van der Waals surface area contributed by atoms with E-state index in [9.17, 15) is 0 Å². The molecular weight excluding hydrogens is 288 g/mol. The normalized spacial score (nSPS) is 20.4. The van der Waals surface area contributed by atoms with Crippen LogP contribution >= 0.6 is 0 Å². The Balaban J connectivity index is 0.00000208. The lowest BCUT2D eigenvalue weighted by molar-refractivity contribution is 0.304. The van der Waals surface area contributed by atoms with Crippen LogP contribution in [0.25, 0.3) is 11.1 Å². The van der Waals surface area contributed by atoms with E-state index in [1.807, 2.05) is 0 Å². The molecule has 0 atom stereocenters. The van der Waals surface area contributed by atoms with E-state index in [1.165, 1.54) is 61.6 Å². The van der Waals surface area contributed by atoms with E-state index in [0.717, 1.165) is 11.8 Å². The topological polar surface area (TPSA) is 0 Å². The number of hydrogen-bond donors (Lipinski definition) is 0. The second-order valence-corrected chi connectivity index (χ2v) is 7.35. The first kappa shape index (κ1) is 18.8. The minimum Gasteiger partial charge on any atom is -0.0776 e. The second-order valence-electron chi connectivity index (χ2n) is 7.35. The Morgan fingerprint density at radius 1 is 0.792 bits per heavy atom. The molecule has 1 saturated carbocycles. The molecule has 0 unspecified atom stereocenters. The molecule has 0 amide bonds. The van der Waals surface area contributed by atoms with Crippen LogP contribution in [0.15, 0.2) is 48.5 Å². The van der Waals surface area contributed by atoms with Crippen LogP contribution in [0.2, 0.25) is 0 Å². The minimum atomic E-state index is 0. The highest BCUT2D eigenvalue weighted by atomic mass is 14.3. The van der Waals surface area contributed by atoms with Gasteiger partial charge < -0.3 is 0 Å². The Morgan fingerprint density at radius 2 is 1.33 bits per heavy atom. The number of benzene rings is 2. The fourth-order valence-electron chi connectivity index (χ4n) is 3.97. The summed E-state index contributed by atoms with van der Waals surface area (Å²) in [6, 6.07) is 18.2. The van der Waals surface area contributed by atoms with Gasteiger partial charge in [-0.1, -0.05) is 87.7 Å². The molecule has 0 N–H and O–H groups in total. The van der Waals surface area contributed by atoms with Crippen LogP contribution in [0.5, 0.6) is 0 Å². The third kappa shape index (κ3) is 4.72. The highest BCUT2D eigenvalue weighted by molar-refractivity contribution is 5.64. The largest absolute Gasteiger partial charge is 0.0776 e. The molecule has 0 saturated heterocycles. The van der Waals surface area contributed by atoms with E-state index in [-0.39, 0.29) is 7.43 Å². The van der Waals surface area contributed by atoms with Crippen molar-refractivity contribution < 1.29 is 0 Å². The Morgan fingerprint density at radius 3 is 1.88 bits per heavy atom. The van der Waals surface area contributed by atoms with Crippen molar-refractivity contribution in [2.45, 2.75) is 72.1 Å². The minimum absolute atomic E-state index is 0. The zero-order valence-electron chi connectivity index (χ0n) is 14.7. The van der Waals surface area contributed by atoms with Gasteiger partial charge in [-0.15, -0.1) is 0 Å². The predicted molar refractivity (Wildman–Crippen MR) is 108 cm³/mol. The fraction of sp³-hybridized carbons (Fsp3) is 0.500. The van der Waals surface area contributed by atoms with Gasteiger partial charge in [0.1, 0.15) is 0 Å². The van der Waals surface area contributed by atoms with E-state index in [2.05, 4.69) is 62.4 Å². The average molecular weight is 323 g/mol. The molecule has 0 aliphatic heterocycles. The molecule has 0 heterocycles. The maximum absolute atomic E-state index is 2.37. The molecule has 0 nitrogen and oxygen atoms in total. The molecule has 0 bridgehead atoms. The van der Waals surface area contributed by atoms with Crippen LogP contribution in [-0.4, -0.2) is 0 Å². The maximum atomic E-state index is 2.37. The van der Waals surface area contributed by atoms with Gasteiger partial charge in [-0.2, -0.15) is 0 Å². The molecule has 1 fully saturated rings. The van der Waals surface area contributed by atoms with E-state index in [0.29, 0.717) is 0 Å². The van der Waals surface area contributed by atoms with Crippen molar-refractivity contribution in [3.63, 3.8) is 0 Å². The zero-order valence-corrected chi connectivity index (χ0v) is 14.7. The lowest BCUT2D eigenvalue weighted by Crippen LogP contribution is -2.13. The monoisotopic (exact) mass is 322 g/mol. The molecule has 0 aromatic heterocycles. The molecule has 0 heteroatoms. The molecule has 2 aromatic carbocycles. The molecule has 1 aliphatic rings. The Bertz CT molecular complexity index is 583. The molecule has 0 spiro atoms. The van der Waals surface area contributed by atoms with Gasteiger partial charge in [0.05, 0.1) is 0 Å². The van der Waals surface area contributed by atoms with Crippen molar-refractivity contribution >= 4 is 0 Å². The first-order valence-electron chi connectivity index (χ1n) is 9.43. The summed E-state index contributed by atoms with van der Waals surface area (Å²) in [5.41, 5.74) is 5.54. The molecule has 1 aliphatic carbocycles. The predicted octanol–water partition coefficient (Wildman–Crippen LogP) is 7.76. The number of unbranched alkanes of at least 4 members (excludes halogenated alkanes) is 1. The highest BCUT2D eigenvalue weighted by Gasteiger charge is 2.21. The van der Waals surface area contributed by atoms with Gasteiger partial charge in [0.2, 0.25) is 0 Å². The van der Waals surface area contributed by atoms with Gasteiger partial charge in [0.25, 0.3) is 0 Å². The van der Waals surface area contributed by atoms with E-state index < -0.39 is 0 Å². The third-order valence-electron chi connectivity index (χ3n) is 5.58. The van der Waals surface area contributed by atoms with Crippen molar-refractivity contribution in [1.29, 1.82) is 0 Å². The van der Waals surface area contributed by atoms with Gasteiger partial charge in [-0.05, 0) is 61.1 Å². The smallest absolute Gasteiger partial charge is 0.0162 e. The summed E-state index contributed by atoms with van der Waals surface area (Å²) >= 11 is 0. The maximum Gasteiger partial charge on any atom is -0.0162 e. The van der Waals surface area contributed by atoms with Crippen LogP contribution in [0.1, 0.15) is 76.3 Å². The van der Waals surface area contributed by atoms with Crippen molar-refractivity contribution in [2.24, 2.45) is 5.92 Å². The average Bonchev–Trinajstić information content (AvgIpc) is 2.61. The Labute approximate surface area is 149 Å². The Hall–Kier alpha value is -1.56. The van der Waals surface area contributed by atoms with Crippen LogP contribution in [0, 0.1) is 12.8 Å². The van der Waals surface area contributed by atoms with E-state index in [4.69, 9.17) is 0 Å². The SMILES string of the molecule is C.CCCCC1CCC(c2ccc(-c3ccc(C)cc3)cc2)CC1. The summed E-state index contributed by atoms with van der Waals surface area (Å²) in [7, 11) is 0. The van der Waals surface area contributed by atoms with Crippen LogP contribution in [0.3, 0.4) is 0 Å². The Kier molecular flexibility index (Phi) is 7.09. The molecule has 3 rings (SSSR count). The van der Waals surface area contributed by atoms with Gasteiger partial charge in [-0.3, -0.25) is 0 Å². The molecular formula is C24H34. The van der Waals surface area contributed by atoms with Crippen molar-refractivity contribution in [3.8, 4) is 11.1 Å². The van der Waals surface area contributed by atoms with E-state index in [1.54, 1.807) is 5.56 Å². The highest BCUT2D eigenvalue weighted by Crippen LogP contribution is 2.38. The quantitative estimate of drug-likeness (QED) is 0.527. The van der Waals surface area contributed by atoms with Crippen LogP contribution in [0.4, 0.5) is 0 Å². The lowest BCUT2D eigenvalue weighted by Gasteiger charge is -2.29. The van der Waals surface area contributed by atoms with Crippen LogP contribution in [-0.2, 0) is 0 Å². The second kappa shape index (κ2) is 9.06. The summed E-state index contributed by atoms with van der Waals surface area (Å²) in [6.45, 7) is 4.45. The standard InChI is InChI=1S/C23H30.CH4/c1-3-4-5-19-8-12-21(13-9-19)23-16-14-22(15-17-23)20-10-6-18(2)7-11-20;/h6-7,10-11,14-17,19,21H,3-5,8-9,12-13H2,1-2H3;1H4. The zero-order chi connectivity index (χ0) is 16.1. The summed E-state index contributed by atoms with van der Waals surface area (Å²) in [5, 5.41) is 0. The van der Waals surface area contributed by atoms with Gasteiger partial charge in [0.15, 0.2) is 0 Å². The molecule has 2 aromatic rings. The lowest BCUT2D eigenvalue weighted by atomic mass is 9.77. The summed E-state index contributed by atoms with van der Waals surface area (Å²) in [6.07, 6.45) is 9.86. The fourth-order valence-corrected chi connectivity index (χ4v) is 3.97. The number of aryl methyl sites for hydroxylation is 1. The summed E-state index contributed by atoms with van der Waals surface area (Å²) in [5.74, 6) is 1.79. The third-order valence-corrected chi connectivity index (χ3v) is 5.58. The van der Waals surface area contributed by atoms with E-state index >= 15 is 0 Å². The number of hydrogen-bond acceptors (Lipinski definition) is 0. The first-order chi connectivity index (χ1) is 11.3.